The molecule has 0 rings (SSSR count). The van der Waals surface area contributed by atoms with Gasteiger partial charge in [-0.15, -0.1) is 0 Å². The molecule has 0 spiro atoms. The monoisotopic (exact) mass is 206 g/mol. The molecule has 1 atom stereocenters. The fraction of sp³-hybridized carbons (Fsp3) is 0.750. The lowest BCUT2D eigenvalue weighted by molar-refractivity contribution is -0.169. The smallest absolute Gasteiger partial charge is 0.347 e. The van der Waals surface area contributed by atoms with E-state index in [0.29, 0.717) is 0 Å². The number of aliphatic hydroxyl groups excluding tert-OH is 1. The van der Waals surface area contributed by atoms with Crippen LogP contribution in [-0.4, -0.2) is 50.1 Å². The lowest BCUT2D eigenvalue weighted by Crippen LogP contribution is -2.28. The van der Waals surface area contributed by atoms with Gasteiger partial charge in [-0.1, -0.05) is 0 Å². The number of ether oxygens (including phenoxy) is 3. The Morgan fingerprint density at radius 1 is 1.43 bits per heavy atom. The van der Waals surface area contributed by atoms with Crippen LogP contribution in [0.4, 0.5) is 0 Å². The lowest BCUT2D eigenvalue weighted by Gasteiger charge is -2.11. The zero-order valence-corrected chi connectivity index (χ0v) is 8.19. The number of hydrogen-bond acceptors (Lipinski definition) is 6. The maximum atomic E-state index is 11.0. The number of carbonyl (C=O) groups excluding carboxylic acids is 2. The number of rotatable bonds is 6. The van der Waals surface area contributed by atoms with E-state index < -0.39 is 18.0 Å². The van der Waals surface area contributed by atoms with Crippen LogP contribution in [0.3, 0.4) is 0 Å². The first-order valence-electron chi connectivity index (χ1n) is 4.07. The third kappa shape index (κ3) is 5.50. The molecule has 1 unspecified atom stereocenters. The summed E-state index contributed by atoms with van der Waals surface area (Å²) in [6.07, 6.45) is -0.982. The molecule has 6 heteroatoms. The topological polar surface area (TPSA) is 82.1 Å². The fourth-order valence-electron chi connectivity index (χ4n) is 0.661. The van der Waals surface area contributed by atoms with Crippen LogP contribution in [0.2, 0.25) is 0 Å². The SMILES string of the molecule is COCC(=O)OC(C)C(=O)OCCO. The second-order valence-electron chi connectivity index (χ2n) is 2.46. The summed E-state index contributed by atoms with van der Waals surface area (Å²) >= 11 is 0. The molecule has 0 aliphatic rings. The van der Waals surface area contributed by atoms with Gasteiger partial charge in [0, 0.05) is 7.11 Å². The standard InChI is InChI=1S/C8H14O6/c1-6(8(11)13-4-3-9)14-7(10)5-12-2/h6,9H,3-5H2,1-2H3. The van der Waals surface area contributed by atoms with Crippen LogP contribution >= 0.6 is 0 Å². The van der Waals surface area contributed by atoms with Crippen molar-refractivity contribution in [3.8, 4) is 0 Å². The average Bonchev–Trinajstić information content (AvgIpc) is 2.14. The molecule has 0 saturated carbocycles. The third-order valence-electron chi connectivity index (χ3n) is 1.24. The maximum Gasteiger partial charge on any atom is 0.347 e. The van der Waals surface area contributed by atoms with E-state index >= 15 is 0 Å². The first-order valence-corrected chi connectivity index (χ1v) is 4.07. The average molecular weight is 206 g/mol. The number of hydrogen-bond donors (Lipinski definition) is 1. The van der Waals surface area contributed by atoms with Gasteiger partial charge < -0.3 is 19.3 Å². The minimum Gasteiger partial charge on any atom is -0.461 e. The summed E-state index contributed by atoms with van der Waals surface area (Å²) in [6.45, 7) is 0.806. The van der Waals surface area contributed by atoms with E-state index in [1.807, 2.05) is 0 Å². The summed E-state index contributed by atoms with van der Waals surface area (Å²) < 4.78 is 13.7. The molecule has 0 amide bonds. The first-order chi connectivity index (χ1) is 6.61. The molecule has 0 fully saturated rings. The summed E-state index contributed by atoms with van der Waals surface area (Å²) in [4.78, 5) is 21.8. The van der Waals surface area contributed by atoms with Crippen molar-refractivity contribution in [3.63, 3.8) is 0 Å². The van der Waals surface area contributed by atoms with Crippen molar-refractivity contribution in [2.75, 3.05) is 26.9 Å². The van der Waals surface area contributed by atoms with E-state index in [9.17, 15) is 9.59 Å². The van der Waals surface area contributed by atoms with E-state index in [4.69, 9.17) is 5.11 Å². The largest absolute Gasteiger partial charge is 0.461 e. The molecule has 0 saturated heterocycles. The molecule has 0 aliphatic carbocycles. The third-order valence-corrected chi connectivity index (χ3v) is 1.24. The maximum absolute atomic E-state index is 11.0. The van der Waals surface area contributed by atoms with Crippen LogP contribution in [-0.2, 0) is 23.8 Å². The highest BCUT2D eigenvalue weighted by Gasteiger charge is 2.18. The molecule has 1 N–H and O–H groups in total. The van der Waals surface area contributed by atoms with Crippen LogP contribution in [0.15, 0.2) is 0 Å². The molecule has 0 radical (unpaired) electrons. The molecule has 0 bridgehead atoms. The molecule has 0 heterocycles. The minimum atomic E-state index is -0.982. The number of esters is 2. The van der Waals surface area contributed by atoms with E-state index in [1.165, 1.54) is 14.0 Å². The zero-order valence-electron chi connectivity index (χ0n) is 8.19. The Kier molecular flexibility index (Phi) is 6.69. The highest BCUT2D eigenvalue weighted by atomic mass is 16.6. The summed E-state index contributed by atoms with van der Waals surface area (Å²) in [5.74, 6) is -1.33. The van der Waals surface area contributed by atoms with Crippen molar-refractivity contribution in [3.05, 3.63) is 0 Å². The van der Waals surface area contributed by atoms with Crippen molar-refractivity contribution in [1.82, 2.24) is 0 Å². The van der Waals surface area contributed by atoms with Crippen LogP contribution in [0.1, 0.15) is 6.92 Å². The summed E-state index contributed by atoms with van der Waals surface area (Å²) in [5.41, 5.74) is 0. The van der Waals surface area contributed by atoms with Gasteiger partial charge in [-0.05, 0) is 6.92 Å². The van der Waals surface area contributed by atoms with E-state index in [0.717, 1.165) is 0 Å². The van der Waals surface area contributed by atoms with Crippen molar-refractivity contribution in [2.45, 2.75) is 13.0 Å². The normalized spacial score (nSPS) is 11.9. The van der Waals surface area contributed by atoms with Crippen molar-refractivity contribution < 1.29 is 28.9 Å². The second-order valence-corrected chi connectivity index (χ2v) is 2.46. The van der Waals surface area contributed by atoms with E-state index in [1.54, 1.807) is 0 Å². The van der Waals surface area contributed by atoms with Gasteiger partial charge >= 0.3 is 11.9 Å². The molecule has 82 valence electrons. The Bertz CT molecular complexity index is 190. The van der Waals surface area contributed by atoms with Gasteiger partial charge in [0.05, 0.1) is 6.61 Å². The molecule has 14 heavy (non-hydrogen) atoms. The van der Waals surface area contributed by atoms with Crippen molar-refractivity contribution in [1.29, 1.82) is 0 Å². The minimum absolute atomic E-state index is 0.106. The first kappa shape index (κ1) is 12.9. The Labute approximate surface area is 81.8 Å². The number of methoxy groups -OCH3 is 1. The lowest BCUT2D eigenvalue weighted by atomic mass is 10.4. The zero-order chi connectivity index (χ0) is 11.0. The molecule has 6 nitrogen and oxygen atoms in total. The molecule has 0 aliphatic heterocycles. The molecule has 0 aromatic carbocycles. The summed E-state index contributed by atoms with van der Waals surface area (Å²) in [5, 5.41) is 8.36. The molecule has 0 aromatic heterocycles. The second kappa shape index (κ2) is 7.28. The van der Waals surface area contributed by atoms with Crippen LogP contribution in [0.5, 0.6) is 0 Å². The van der Waals surface area contributed by atoms with Gasteiger partial charge in [-0.3, -0.25) is 0 Å². The highest BCUT2D eigenvalue weighted by molar-refractivity contribution is 5.79. The fourth-order valence-corrected chi connectivity index (χ4v) is 0.661. The number of carbonyl (C=O) groups is 2. The van der Waals surface area contributed by atoms with Gasteiger partial charge in [-0.25, -0.2) is 9.59 Å². The molecular formula is C8H14O6. The van der Waals surface area contributed by atoms with Crippen LogP contribution < -0.4 is 0 Å². The quantitative estimate of drug-likeness (QED) is 0.567. The Morgan fingerprint density at radius 2 is 2.07 bits per heavy atom. The molecule has 0 aromatic rings. The van der Waals surface area contributed by atoms with Crippen molar-refractivity contribution in [2.24, 2.45) is 0 Å². The van der Waals surface area contributed by atoms with E-state index in [-0.39, 0.29) is 19.8 Å². The Balaban J connectivity index is 3.76. The van der Waals surface area contributed by atoms with Crippen LogP contribution in [0.25, 0.3) is 0 Å². The Morgan fingerprint density at radius 3 is 2.57 bits per heavy atom. The van der Waals surface area contributed by atoms with Crippen molar-refractivity contribution >= 4 is 11.9 Å². The highest BCUT2D eigenvalue weighted by Crippen LogP contribution is 1.95. The predicted octanol–water partition coefficient (Wildman–Crippen LogP) is -0.900. The summed E-state index contributed by atoms with van der Waals surface area (Å²) in [7, 11) is 1.34. The van der Waals surface area contributed by atoms with Gasteiger partial charge in [0.25, 0.3) is 0 Å². The van der Waals surface area contributed by atoms with Gasteiger partial charge in [0.15, 0.2) is 6.10 Å². The summed E-state index contributed by atoms with van der Waals surface area (Å²) in [6, 6.07) is 0. The van der Waals surface area contributed by atoms with Gasteiger partial charge in [0.2, 0.25) is 0 Å². The molecular weight excluding hydrogens is 192 g/mol. The Hall–Kier alpha value is -1.14. The van der Waals surface area contributed by atoms with Gasteiger partial charge in [0.1, 0.15) is 13.2 Å². The van der Waals surface area contributed by atoms with E-state index in [2.05, 4.69) is 14.2 Å². The van der Waals surface area contributed by atoms with Gasteiger partial charge in [-0.2, -0.15) is 0 Å². The number of aliphatic hydroxyl groups is 1. The predicted molar refractivity (Wildman–Crippen MR) is 45.5 cm³/mol. The van der Waals surface area contributed by atoms with Crippen LogP contribution in [0, 0.1) is 0 Å².